The van der Waals surface area contributed by atoms with Crippen molar-refractivity contribution in [2.75, 3.05) is 39.8 Å². The number of carbonyl (C=O) groups is 5. The minimum atomic E-state index is -1.06. The van der Waals surface area contributed by atoms with Gasteiger partial charge in [-0.25, -0.2) is 4.79 Å². The Hall–Kier alpha value is -2.73. The van der Waals surface area contributed by atoms with Gasteiger partial charge in [0.25, 0.3) is 5.91 Å². The van der Waals surface area contributed by atoms with Gasteiger partial charge in [-0.2, -0.15) is 0 Å². The van der Waals surface area contributed by atoms with Crippen LogP contribution in [0.2, 0.25) is 0 Å². The highest BCUT2D eigenvalue weighted by molar-refractivity contribution is 6.37. The molecule has 4 aliphatic carbocycles. The SMILES string of the molecule is CN1CCN(C[C@@H](NC(=O)N[C@H](C(=O)N2C[C@]3(C[C@H]2C(=O)NC(CC2CCC2)C(=O)C(N)=O)C(C)(C)C32CCC2)C(C)(C)C)C(C)(C)C)CC12CC2. The Labute approximate surface area is 311 Å². The Morgan fingerprint density at radius 1 is 0.827 bits per heavy atom. The minimum absolute atomic E-state index is 0.0617. The van der Waals surface area contributed by atoms with Gasteiger partial charge in [-0.15, -0.1) is 0 Å². The van der Waals surface area contributed by atoms with Gasteiger partial charge in [0, 0.05) is 49.7 Å². The molecular formula is C40H67N7O5. The Kier molecular flexibility index (Phi) is 9.92. The molecule has 5 N–H and O–H groups in total. The summed E-state index contributed by atoms with van der Waals surface area (Å²) in [6.07, 6.45) is 9.47. The Balaban J connectivity index is 1.21. The Bertz CT molecular complexity index is 1450. The highest BCUT2D eigenvalue weighted by atomic mass is 16.2. The monoisotopic (exact) mass is 726 g/mol. The lowest BCUT2D eigenvalue weighted by molar-refractivity contribution is -0.143. The van der Waals surface area contributed by atoms with Gasteiger partial charge in [0.15, 0.2) is 0 Å². The first-order valence-corrected chi connectivity index (χ1v) is 20.0. The molecule has 5 amide bonds. The van der Waals surface area contributed by atoms with Gasteiger partial charge in [-0.1, -0.05) is 81.1 Å². The topological polar surface area (TPSA) is 157 Å². The predicted octanol–water partition coefficient (Wildman–Crippen LogP) is 3.42. The summed E-state index contributed by atoms with van der Waals surface area (Å²) in [5.41, 5.74) is 4.57. The van der Waals surface area contributed by atoms with E-state index in [0.29, 0.717) is 19.4 Å². The first-order valence-electron chi connectivity index (χ1n) is 20.0. The number of nitrogens with two attached hydrogens (primary N) is 1. The zero-order valence-corrected chi connectivity index (χ0v) is 33.5. The first-order chi connectivity index (χ1) is 24.1. The summed E-state index contributed by atoms with van der Waals surface area (Å²) in [6.45, 7) is 20.8. The van der Waals surface area contributed by atoms with E-state index in [0.717, 1.165) is 64.7 Å². The number of likely N-dealkylation sites (tertiary alicyclic amines) is 1. The summed E-state index contributed by atoms with van der Waals surface area (Å²) in [5.74, 6) is -2.33. The molecular weight excluding hydrogens is 658 g/mol. The third-order valence-electron chi connectivity index (χ3n) is 15.2. The van der Waals surface area contributed by atoms with Gasteiger partial charge >= 0.3 is 6.03 Å². The van der Waals surface area contributed by atoms with Crippen LogP contribution < -0.4 is 21.7 Å². The van der Waals surface area contributed by atoms with Crippen molar-refractivity contribution in [3.8, 4) is 0 Å². The third-order valence-corrected chi connectivity index (χ3v) is 15.2. The van der Waals surface area contributed by atoms with E-state index in [2.05, 4.69) is 67.4 Å². The van der Waals surface area contributed by atoms with Crippen LogP contribution in [0.4, 0.5) is 4.79 Å². The summed E-state index contributed by atoms with van der Waals surface area (Å²) >= 11 is 0. The lowest BCUT2D eigenvalue weighted by Gasteiger charge is -2.43. The van der Waals surface area contributed by atoms with Crippen LogP contribution in [0.3, 0.4) is 0 Å². The van der Waals surface area contributed by atoms with E-state index < -0.39 is 47.2 Å². The smallest absolute Gasteiger partial charge is 0.315 e. The summed E-state index contributed by atoms with van der Waals surface area (Å²) in [6, 6.07) is -3.31. The van der Waals surface area contributed by atoms with Crippen LogP contribution >= 0.6 is 0 Å². The number of amides is 5. The van der Waals surface area contributed by atoms with Crippen LogP contribution in [-0.4, -0.2) is 114 Å². The molecule has 5 atom stereocenters. The number of nitrogens with one attached hydrogen (secondary N) is 3. The van der Waals surface area contributed by atoms with Gasteiger partial charge in [-0.05, 0) is 73.2 Å². The number of Topliss-reactive ketones (excluding diaryl/α,β-unsaturated/α-hetero) is 1. The highest BCUT2D eigenvalue weighted by Crippen LogP contribution is 2.88. The average molecular weight is 726 g/mol. The van der Waals surface area contributed by atoms with Crippen molar-refractivity contribution >= 4 is 29.5 Å². The van der Waals surface area contributed by atoms with E-state index in [1.54, 1.807) is 4.90 Å². The summed E-state index contributed by atoms with van der Waals surface area (Å²) < 4.78 is 0. The van der Waals surface area contributed by atoms with Gasteiger partial charge in [0.05, 0.1) is 6.04 Å². The number of rotatable bonds is 11. The Morgan fingerprint density at radius 2 is 1.48 bits per heavy atom. The molecule has 3 spiro atoms. The molecule has 2 saturated heterocycles. The summed E-state index contributed by atoms with van der Waals surface area (Å²) in [7, 11) is 2.21. The second-order valence-corrected chi connectivity index (χ2v) is 20.4. The molecule has 0 bridgehead atoms. The number of primary amides is 1. The van der Waals surface area contributed by atoms with Gasteiger partial charge in [-0.3, -0.25) is 29.0 Å². The molecule has 52 heavy (non-hydrogen) atoms. The second-order valence-electron chi connectivity index (χ2n) is 20.4. The predicted molar refractivity (Wildman–Crippen MR) is 200 cm³/mol. The van der Waals surface area contributed by atoms with Crippen molar-refractivity contribution < 1.29 is 24.0 Å². The minimum Gasteiger partial charge on any atom is -0.363 e. The van der Waals surface area contributed by atoms with Gasteiger partial charge < -0.3 is 26.6 Å². The molecule has 0 aromatic heterocycles. The second kappa shape index (κ2) is 13.2. The highest BCUT2D eigenvalue weighted by Gasteiger charge is 2.85. The number of carbonyl (C=O) groups excluding carboxylic acids is 5. The molecule has 2 aliphatic heterocycles. The van der Waals surface area contributed by atoms with Crippen molar-refractivity contribution in [2.45, 2.75) is 149 Å². The maximum absolute atomic E-state index is 14.9. The average Bonchev–Trinajstić information content (AvgIpc) is 3.77. The molecule has 6 rings (SSSR count). The number of urea groups is 1. The Morgan fingerprint density at radius 3 is 1.96 bits per heavy atom. The van der Waals surface area contributed by atoms with Gasteiger partial charge in [0.1, 0.15) is 12.1 Å². The molecule has 12 heteroatoms. The van der Waals surface area contributed by atoms with E-state index in [1.807, 2.05) is 20.8 Å². The van der Waals surface area contributed by atoms with Crippen LogP contribution in [0, 0.1) is 33.0 Å². The molecule has 292 valence electrons. The van der Waals surface area contributed by atoms with Crippen molar-refractivity contribution in [1.29, 1.82) is 0 Å². The fourth-order valence-electron chi connectivity index (χ4n) is 10.7. The number of nitrogens with zero attached hydrogens (tertiary/aromatic N) is 3. The van der Waals surface area contributed by atoms with Crippen LogP contribution in [0.5, 0.6) is 0 Å². The number of hydrogen-bond donors (Lipinski definition) is 4. The summed E-state index contributed by atoms with van der Waals surface area (Å²) in [5, 5.41) is 9.25. The fourth-order valence-corrected chi connectivity index (χ4v) is 10.7. The maximum Gasteiger partial charge on any atom is 0.315 e. The quantitative estimate of drug-likeness (QED) is 0.238. The number of ketones is 1. The van der Waals surface area contributed by atoms with E-state index in [-0.39, 0.29) is 45.1 Å². The molecule has 2 heterocycles. The molecule has 0 radical (unpaired) electrons. The van der Waals surface area contributed by atoms with Crippen LogP contribution in [0.25, 0.3) is 0 Å². The number of likely N-dealkylation sites (N-methyl/N-ethyl adjacent to an activating group) is 1. The lowest BCUT2D eigenvalue weighted by Crippen LogP contribution is -2.62. The standard InChI is InChI=1S/C40H67N7O5/c1-35(2,3)28(22-46-19-18-45(9)38(23-46)16-17-38)43-34(52)44-30(36(4,5)6)33(51)47-24-40(37(7,8)39(40)14-11-15-39)21-27(47)32(50)42-26(29(48)31(41)49)20-25-12-10-13-25/h25-28,30H,10-24H2,1-9H3,(H2,41,49)(H,42,50)(H2,43,44,52)/t26?,27-,28+,30+,40+/m0/s1. The van der Waals surface area contributed by atoms with E-state index in [4.69, 9.17) is 5.73 Å². The van der Waals surface area contributed by atoms with E-state index in [9.17, 15) is 24.0 Å². The molecule has 12 nitrogen and oxygen atoms in total. The molecule has 1 unspecified atom stereocenters. The number of piperazine rings is 1. The molecule has 0 aromatic carbocycles. The summed E-state index contributed by atoms with van der Waals surface area (Å²) in [4.78, 5) is 74.8. The van der Waals surface area contributed by atoms with E-state index in [1.165, 1.54) is 12.8 Å². The zero-order chi connectivity index (χ0) is 38.2. The fraction of sp³-hybridized carbons (Fsp3) is 0.875. The van der Waals surface area contributed by atoms with Crippen molar-refractivity contribution in [3.63, 3.8) is 0 Å². The van der Waals surface area contributed by atoms with Crippen LogP contribution in [-0.2, 0) is 19.2 Å². The number of fused-ring (bicyclic) bond motifs is 1. The molecule has 6 fully saturated rings. The van der Waals surface area contributed by atoms with Crippen LogP contribution in [0.15, 0.2) is 0 Å². The van der Waals surface area contributed by atoms with Crippen molar-refractivity contribution in [1.82, 2.24) is 30.7 Å². The molecule has 0 aromatic rings. The van der Waals surface area contributed by atoms with Crippen LogP contribution in [0.1, 0.15) is 120 Å². The van der Waals surface area contributed by atoms with E-state index >= 15 is 0 Å². The molecule has 4 saturated carbocycles. The van der Waals surface area contributed by atoms with Crippen molar-refractivity contribution in [2.24, 2.45) is 38.7 Å². The van der Waals surface area contributed by atoms with Gasteiger partial charge in [0.2, 0.25) is 17.6 Å². The zero-order valence-electron chi connectivity index (χ0n) is 33.5. The lowest BCUT2D eigenvalue weighted by atomic mass is 9.73. The van der Waals surface area contributed by atoms with Crippen molar-refractivity contribution in [3.05, 3.63) is 0 Å². The third kappa shape index (κ3) is 6.66. The molecule has 6 aliphatic rings. The maximum atomic E-state index is 14.9. The normalized spacial score (nSPS) is 29.5. The largest absolute Gasteiger partial charge is 0.363 e. The number of hydrogen-bond acceptors (Lipinski definition) is 7. The first kappa shape index (κ1) is 39.0.